The van der Waals surface area contributed by atoms with Crippen LogP contribution >= 0.6 is 11.6 Å². The first kappa shape index (κ1) is 42.5. The number of carbonyl (C=O) groups is 2. The van der Waals surface area contributed by atoms with Crippen molar-refractivity contribution in [1.29, 1.82) is 0 Å². The fourth-order valence-corrected chi connectivity index (χ4v) is 5.29. The minimum absolute atomic E-state index is 0.116. The van der Waals surface area contributed by atoms with E-state index in [4.69, 9.17) is 45.8 Å². The van der Waals surface area contributed by atoms with Crippen molar-refractivity contribution in [2.75, 3.05) is 95.2 Å². The number of rotatable bonds is 12. The number of nitrogens with two attached hydrogens (primary N) is 1. The third-order valence-corrected chi connectivity index (χ3v) is 8.39. The predicted molar refractivity (Wildman–Crippen MR) is 208 cm³/mol. The maximum atomic E-state index is 12.3. The second-order valence-electron chi connectivity index (χ2n) is 11.7. The molecule has 0 bridgehead atoms. The topological polar surface area (TPSA) is 186 Å². The highest BCUT2D eigenvalue weighted by Gasteiger charge is 2.21. The van der Waals surface area contributed by atoms with Gasteiger partial charge in [0.2, 0.25) is 11.9 Å². The van der Waals surface area contributed by atoms with E-state index in [2.05, 4.69) is 25.3 Å². The molecule has 2 aromatic heterocycles. The van der Waals surface area contributed by atoms with E-state index in [0.29, 0.717) is 76.0 Å². The van der Waals surface area contributed by atoms with Gasteiger partial charge in [-0.3, -0.25) is 0 Å². The summed E-state index contributed by atoms with van der Waals surface area (Å²) in [5.41, 5.74) is 8.08. The highest BCUT2D eigenvalue weighted by atomic mass is 35.5. The van der Waals surface area contributed by atoms with Crippen molar-refractivity contribution in [1.82, 2.24) is 19.9 Å². The molecule has 16 nitrogen and oxygen atoms in total. The third-order valence-electron chi connectivity index (χ3n) is 8.10. The molecule has 0 spiro atoms. The van der Waals surface area contributed by atoms with Crippen LogP contribution in [-0.4, -0.2) is 112 Å². The molecule has 296 valence electrons. The lowest BCUT2D eigenvalue weighted by Crippen LogP contribution is -2.37. The molecule has 0 radical (unpaired) electrons. The summed E-state index contributed by atoms with van der Waals surface area (Å²) in [6.45, 7) is 10.6. The van der Waals surface area contributed by atoms with E-state index < -0.39 is 11.9 Å². The molecule has 2 aliphatic heterocycles. The Kier molecular flexibility index (Phi) is 17.6. The SMILES string of the molecule is CCOC(=O)c1cnc(N2CCOCC2)nc1Cl.CCOC(=O)c1cnc(N2CCOCC2)nc1NCc1ccc(OC)cc1.COc1ccc(CN)cc1. The van der Waals surface area contributed by atoms with Crippen LogP contribution in [0.25, 0.3) is 0 Å². The molecule has 0 unspecified atom stereocenters. The van der Waals surface area contributed by atoms with Crippen molar-refractivity contribution in [2.45, 2.75) is 26.9 Å². The Morgan fingerprint density at radius 1 is 0.727 bits per heavy atom. The predicted octanol–water partition coefficient (Wildman–Crippen LogP) is 4.41. The second kappa shape index (κ2) is 22.8. The van der Waals surface area contributed by atoms with Crippen molar-refractivity contribution in [3.63, 3.8) is 0 Å². The van der Waals surface area contributed by atoms with E-state index in [1.165, 1.54) is 12.4 Å². The van der Waals surface area contributed by atoms with Gasteiger partial charge in [-0.2, -0.15) is 4.98 Å². The molecular weight excluding hydrogens is 732 g/mol. The van der Waals surface area contributed by atoms with Crippen molar-refractivity contribution in [3.8, 4) is 11.5 Å². The van der Waals surface area contributed by atoms with Crippen LogP contribution in [0, 0.1) is 0 Å². The standard InChI is InChI=1S/C19H24N4O4.C11H14ClN3O3.C8H11NO/c1-3-27-18(24)16-13-21-19(23-8-10-26-11-9-23)22-17(16)20-12-14-4-6-15(25-2)7-5-14;1-2-18-10(16)8-7-13-11(14-9(8)12)15-3-5-17-6-4-15;1-10-8-4-2-7(6-9)3-5-8/h4-7,13H,3,8-12H2,1-2H3,(H,20,21,22);7H,2-6H2,1H3;2-5H,6,9H2,1H3. The zero-order valence-electron chi connectivity index (χ0n) is 31.7. The first-order valence-electron chi connectivity index (χ1n) is 17.9. The highest BCUT2D eigenvalue weighted by molar-refractivity contribution is 6.32. The van der Waals surface area contributed by atoms with Crippen LogP contribution in [0.1, 0.15) is 45.7 Å². The van der Waals surface area contributed by atoms with Gasteiger partial charge >= 0.3 is 11.9 Å². The van der Waals surface area contributed by atoms with E-state index in [1.807, 2.05) is 58.3 Å². The van der Waals surface area contributed by atoms with E-state index in [-0.39, 0.29) is 10.7 Å². The Morgan fingerprint density at radius 2 is 1.18 bits per heavy atom. The van der Waals surface area contributed by atoms with Crippen LogP contribution in [0.3, 0.4) is 0 Å². The molecule has 4 heterocycles. The summed E-state index contributed by atoms with van der Waals surface area (Å²) in [6, 6.07) is 15.4. The lowest BCUT2D eigenvalue weighted by atomic mass is 10.2. The number of methoxy groups -OCH3 is 2. The molecule has 2 aliphatic rings. The molecule has 0 amide bonds. The summed E-state index contributed by atoms with van der Waals surface area (Å²) in [5, 5.41) is 3.35. The number of aromatic nitrogens is 4. The number of anilines is 3. The molecule has 4 aromatic rings. The van der Waals surface area contributed by atoms with Crippen molar-refractivity contribution >= 4 is 41.3 Å². The molecule has 3 N–H and O–H groups in total. The van der Waals surface area contributed by atoms with Crippen LogP contribution in [0.5, 0.6) is 11.5 Å². The molecule has 17 heteroatoms. The third kappa shape index (κ3) is 13.2. The minimum Gasteiger partial charge on any atom is -0.497 e. The number of nitrogens with zero attached hydrogens (tertiary/aromatic N) is 6. The zero-order chi connectivity index (χ0) is 39.4. The molecule has 55 heavy (non-hydrogen) atoms. The van der Waals surface area contributed by atoms with Crippen molar-refractivity contribution in [3.05, 3.63) is 88.3 Å². The molecule has 2 aromatic carbocycles. The average Bonchev–Trinajstić information content (AvgIpc) is 3.24. The lowest BCUT2D eigenvalue weighted by Gasteiger charge is -2.27. The maximum Gasteiger partial charge on any atom is 0.343 e. The van der Waals surface area contributed by atoms with Gasteiger partial charge in [0, 0.05) is 51.7 Å². The number of carbonyl (C=O) groups excluding carboxylic acids is 2. The average molecular weight is 781 g/mol. The monoisotopic (exact) mass is 780 g/mol. The van der Waals surface area contributed by atoms with Crippen molar-refractivity contribution < 1.29 is 38.0 Å². The Balaban J connectivity index is 0.000000205. The van der Waals surface area contributed by atoms with E-state index in [0.717, 1.165) is 48.8 Å². The fourth-order valence-electron chi connectivity index (χ4n) is 5.09. The summed E-state index contributed by atoms with van der Waals surface area (Å²) in [7, 11) is 3.28. The molecule has 2 saturated heterocycles. The van der Waals surface area contributed by atoms with Gasteiger partial charge in [-0.05, 0) is 49.2 Å². The summed E-state index contributed by atoms with van der Waals surface area (Å²) in [5.74, 6) is 2.26. The van der Waals surface area contributed by atoms with Crippen molar-refractivity contribution in [2.24, 2.45) is 5.73 Å². The van der Waals surface area contributed by atoms with E-state index in [1.54, 1.807) is 28.1 Å². The summed E-state index contributed by atoms with van der Waals surface area (Å²) < 4.78 is 30.7. The number of benzene rings is 2. The zero-order valence-corrected chi connectivity index (χ0v) is 32.4. The Morgan fingerprint density at radius 3 is 1.64 bits per heavy atom. The van der Waals surface area contributed by atoms with Gasteiger partial charge in [-0.25, -0.2) is 24.5 Å². The molecular formula is C38H49ClN8O8. The second-order valence-corrected chi connectivity index (χ2v) is 12.1. The van der Waals surface area contributed by atoms with Gasteiger partial charge in [0.1, 0.15) is 33.6 Å². The molecule has 0 atom stereocenters. The highest BCUT2D eigenvalue weighted by Crippen LogP contribution is 2.21. The first-order chi connectivity index (χ1) is 26.8. The molecule has 0 saturated carbocycles. The summed E-state index contributed by atoms with van der Waals surface area (Å²) in [6.07, 6.45) is 2.92. The van der Waals surface area contributed by atoms with E-state index in [9.17, 15) is 9.59 Å². The number of nitrogens with one attached hydrogen (secondary N) is 1. The van der Waals surface area contributed by atoms with Gasteiger partial charge in [-0.15, -0.1) is 0 Å². The van der Waals surface area contributed by atoms with Crippen LogP contribution in [0.15, 0.2) is 60.9 Å². The van der Waals surface area contributed by atoms with Gasteiger partial charge in [0.25, 0.3) is 0 Å². The molecule has 6 rings (SSSR count). The molecule has 2 fully saturated rings. The molecule has 0 aliphatic carbocycles. The van der Waals surface area contributed by atoms with Crippen LogP contribution in [-0.2, 0) is 32.0 Å². The number of halogens is 1. The quantitative estimate of drug-likeness (QED) is 0.152. The Hall–Kier alpha value is -5.29. The van der Waals surface area contributed by atoms with Gasteiger partial charge in [-0.1, -0.05) is 35.9 Å². The van der Waals surface area contributed by atoms with Crippen LogP contribution < -0.4 is 30.3 Å². The van der Waals surface area contributed by atoms with Gasteiger partial charge < -0.3 is 49.3 Å². The smallest absolute Gasteiger partial charge is 0.343 e. The largest absolute Gasteiger partial charge is 0.497 e. The van der Waals surface area contributed by atoms with Gasteiger partial charge in [0.05, 0.1) is 53.9 Å². The lowest BCUT2D eigenvalue weighted by molar-refractivity contribution is 0.0516. The Labute approximate surface area is 326 Å². The first-order valence-corrected chi connectivity index (χ1v) is 18.3. The number of esters is 2. The maximum absolute atomic E-state index is 12.3. The van der Waals surface area contributed by atoms with Crippen LogP contribution in [0.4, 0.5) is 17.7 Å². The number of hydrogen-bond donors (Lipinski definition) is 2. The summed E-state index contributed by atoms with van der Waals surface area (Å²) in [4.78, 5) is 45.0. The van der Waals surface area contributed by atoms with Gasteiger partial charge in [0.15, 0.2) is 0 Å². The number of hydrogen-bond acceptors (Lipinski definition) is 16. The van der Waals surface area contributed by atoms with E-state index >= 15 is 0 Å². The van der Waals surface area contributed by atoms with Crippen LogP contribution in [0.2, 0.25) is 5.15 Å². The Bertz CT molecular complexity index is 1750. The summed E-state index contributed by atoms with van der Waals surface area (Å²) >= 11 is 5.97. The fraction of sp³-hybridized carbons (Fsp3) is 0.421. The minimum atomic E-state index is -0.504. The number of ether oxygens (including phenoxy) is 6. The normalized spacial score (nSPS) is 13.6. The number of morpholine rings is 2.